The Hall–Kier alpha value is -1.62. The van der Waals surface area contributed by atoms with Crippen LogP contribution in [0.5, 0.6) is 0 Å². The van der Waals surface area contributed by atoms with Crippen LogP contribution in [0.2, 0.25) is 0 Å². The zero-order valence-corrected chi connectivity index (χ0v) is 11.7. The van der Waals surface area contributed by atoms with Crippen molar-refractivity contribution in [3.05, 3.63) is 40.0 Å². The molecule has 1 N–H and O–H groups in total. The topological polar surface area (TPSA) is 55.1 Å². The van der Waals surface area contributed by atoms with Crippen LogP contribution < -0.4 is 0 Å². The zero-order chi connectivity index (χ0) is 13.3. The lowest BCUT2D eigenvalue weighted by molar-refractivity contribution is -0.136. The number of hydrogen-bond donors (Lipinski definition) is 1. The van der Waals surface area contributed by atoms with Crippen molar-refractivity contribution < 1.29 is 9.90 Å². The van der Waals surface area contributed by atoms with Gasteiger partial charge in [-0.15, -0.1) is 0 Å². The SMILES string of the molecule is Cc1ccc(-c2c(Br)c(CC(=O)O)nn2C)cc1. The van der Waals surface area contributed by atoms with Gasteiger partial charge in [0.1, 0.15) is 0 Å². The summed E-state index contributed by atoms with van der Waals surface area (Å²) in [7, 11) is 1.81. The van der Waals surface area contributed by atoms with E-state index in [4.69, 9.17) is 5.11 Å². The van der Waals surface area contributed by atoms with Crippen molar-refractivity contribution in [1.29, 1.82) is 0 Å². The lowest BCUT2D eigenvalue weighted by Gasteiger charge is -2.03. The molecule has 4 nitrogen and oxygen atoms in total. The normalized spacial score (nSPS) is 10.6. The smallest absolute Gasteiger partial charge is 0.309 e. The molecular formula is C13H13BrN2O2. The number of nitrogens with zero attached hydrogens (tertiary/aromatic N) is 2. The van der Waals surface area contributed by atoms with Crippen molar-refractivity contribution in [3.63, 3.8) is 0 Å². The molecule has 0 aliphatic heterocycles. The van der Waals surface area contributed by atoms with Crippen LogP contribution in [0.1, 0.15) is 11.3 Å². The van der Waals surface area contributed by atoms with Gasteiger partial charge < -0.3 is 5.11 Å². The fourth-order valence-electron chi connectivity index (χ4n) is 1.83. The number of carbonyl (C=O) groups is 1. The molecule has 94 valence electrons. The molecule has 0 spiro atoms. The monoisotopic (exact) mass is 308 g/mol. The van der Waals surface area contributed by atoms with Gasteiger partial charge in [0.2, 0.25) is 0 Å². The molecule has 0 unspecified atom stereocenters. The first-order chi connectivity index (χ1) is 8.49. The molecule has 0 saturated carbocycles. The largest absolute Gasteiger partial charge is 0.481 e. The number of benzene rings is 1. The summed E-state index contributed by atoms with van der Waals surface area (Å²) in [6.45, 7) is 2.03. The molecule has 0 fully saturated rings. The third kappa shape index (κ3) is 2.46. The molecule has 0 amide bonds. The molecule has 0 atom stereocenters. The van der Waals surface area contributed by atoms with Crippen molar-refractivity contribution >= 4 is 21.9 Å². The van der Waals surface area contributed by atoms with Gasteiger partial charge in [-0.05, 0) is 22.9 Å². The number of rotatable bonds is 3. The van der Waals surface area contributed by atoms with E-state index in [-0.39, 0.29) is 6.42 Å². The molecule has 2 aromatic rings. The molecule has 0 bridgehead atoms. The third-order valence-corrected chi connectivity index (χ3v) is 3.53. The summed E-state index contributed by atoms with van der Waals surface area (Å²) >= 11 is 3.44. The molecule has 1 heterocycles. The number of carboxylic acids is 1. The molecule has 2 rings (SSSR count). The predicted molar refractivity (Wildman–Crippen MR) is 72.4 cm³/mol. The van der Waals surface area contributed by atoms with Crippen molar-refractivity contribution in [2.45, 2.75) is 13.3 Å². The van der Waals surface area contributed by atoms with E-state index in [9.17, 15) is 4.79 Å². The highest BCUT2D eigenvalue weighted by atomic mass is 79.9. The number of halogens is 1. The van der Waals surface area contributed by atoms with E-state index in [1.807, 2.05) is 38.2 Å². The first kappa shape index (κ1) is 12.8. The minimum absolute atomic E-state index is 0.0831. The summed E-state index contributed by atoms with van der Waals surface area (Å²) in [6.07, 6.45) is -0.0831. The van der Waals surface area contributed by atoms with Gasteiger partial charge in [0.05, 0.1) is 22.3 Å². The average molecular weight is 309 g/mol. The molecule has 0 radical (unpaired) electrons. The van der Waals surface area contributed by atoms with Crippen LogP contribution in [0.4, 0.5) is 0 Å². The van der Waals surface area contributed by atoms with Crippen LogP contribution in [0, 0.1) is 6.92 Å². The minimum Gasteiger partial charge on any atom is -0.481 e. The number of hydrogen-bond acceptors (Lipinski definition) is 2. The Labute approximate surface area is 113 Å². The van der Waals surface area contributed by atoms with Gasteiger partial charge in [0.15, 0.2) is 0 Å². The molecule has 18 heavy (non-hydrogen) atoms. The van der Waals surface area contributed by atoms with Crippen LogP contribution in [0.15, 0.2) is 28.7 Å². The van der Waals surface area contributed by atoms with Gasteiger partial charge in [-0.2, -0.15) is 5.10 Å². The minimum atomic E-state index is -0.885. The Morgan fingerprint density at radius 2 is 2.00 bits per heavy atom. The van der Waals surface area contributed by atoms with Crippen LogP contribution >= 0.6 is 15.9 Å². The van der Waals surface area contributed by atoms with E-state index in [1.54, 1.807) is 4.68 Å². The summed E-state index contributed by atoms with van der Waals surface area (Å²) in [6, 6.07) is 8.04. The summed E-state index contributed by atoms with van der Waals surface area (Å²) < 4.78 is 2.45. The van der Waals surface area contributed by atoms with Crippen molar-refractivity contribution in [1.82, 2.24) is 9.78 Å². The highest BCUT2D eigenvalue weighted by molar-refractivity contribution is 9.10. The van der Waals surface area contributed by atoms with E-state index in [0.717, 1.165) is 15.7 Å². The third-order valence-electron chi connectivity index (χ3n) is 2.70. The average Bonchev–Trinajstić information content (AvgIpc) is 2.55. The Morgan fingerprint density at radius 1 is 1.39 bits per heavy atom. The van der Waals surface area contributed by atoms with Crippen molar-refractivity contribution in [3.8, 4) is 11.3 Å². The first-order valence-corrected chi connectivity index (χ1v) is 6.28. The standard InChI is InChI=1S/C13H13BrN2O2/c1-8-3-5-9(6-4-8)13-12(14)10(7-11(17)18)15-16(13)2/h3-6H,7H2,1-2H3,(H,17,18). The second-order valence-corrected chi connectivity index (χ2v) is 4.96. The van der Waals surface area contributed by atoms with E-state index < -0.39 is 5.97 Å². The molecule has 1 aromatic heterocycles. The van der Waals surface area contributed by atoms with Gasteiger partial charge >= 0.3 is 5.97 Å². The Morgan fingerprint density at radius 3 is 2.56 bits per heavy atom. The zero-order valence-electron chi connectivity index (χ0n) is 10.1. The van der Waals surface area contributed by atoms with E-state index >= 15 is 0 Å². The molecule has 0 saturated heterocycles. The molecular weight excluding hydrogens is 296 g/mol. The number of aromatic nitrogens is 2. The Balaban J connectivity index is 2.48. The van der Waals surface area contributed by atoms with Crippen LogP contribution in [0.3, 0.4) is 0 Å². The van der Waals surface area contributed by atoms with Crippen LogP contribution in [-0.2, 0) is 18.3 Å². The summed E-state index contributed by atoms with van der Waals surface area (Å²) in [4.78, 5) is 10.8. The lowest BCUT2D eigenvalue weighted by Crippen LogP contribution is -2.02. The van der Waals surface area contributed by atoms with Gasteiger partial charge in [0.25, 0.3) is 0 Å². The highest BCUT2D eigenvalue weighted by Crippen LogP contribution is 2.31. The number of aryl methyl sites for hydroxylation is 2. The number of carboxylic acid groups (broad SMARTS) is 1. The second kappa shape index (κ2) is 4.94. The first-order valence-electron chi connectivity index (χ1n) is 5.49. The molecule has 0 aliphatic rings. The van der Waals surface area contributed by atoms with E-state index in [2.05, 4.69) is 21.0 Å². The van der Waals surface area contributed by atoms with Gasteiger partial charge in [0, 0.05) is 12.6 Å². The Bertz CT molecular complexity index is 588. The maximum atomic E-state index is 10.8. The molecule has 0 aliphatic carbocycles. The summed E-state index contributed by atoms with van der Waals surface area (Å²) in [5, 5.41) is 13.1. The Kier molecular flexibility index (Phi) is 3.52. The quantitative estimate of drug-likeness (QED) is 0.948. The van der Waals surface area contributed by atoms with Crippen molar-refractivity contribution in [2.24, 2.45) is 7.05 Å². The fraction of sp³-hybridized carbons (Fsp3) is 0.231. The summed E-state index contributed by atoms with van der Waals surface area (Å²) in [5.41, 5.74) is 3.63. The lowest BCUT2D eigenvalue weighted by atomic mass is 10.1. The fourth-order valence-corrected chi connectivity index (χ4v) is 2.54. The highest BCUT2D eigenvalue weighted by Gasteiger charge is 2.17. The van der Waals surface area contributed by atoms with E-state index in [1.165, 1.54) is 5.56 Å². The maximum Gasteiger partial charge on any atom is 0.309 e. The van der Waals surface area contributed by atoms with Crippen LogP contribution in [0.25, 0.3) is 11.3 Å². The molecule has 5 heteroatoms. The van der Waals surface area contributed by atoms with Crippen LogP contribution in [-0.4, -0.2) is 20.9 Å². The molecule has 1 aromatic carbocycles. The van der Waals surface area contributed by atoms with Crippen molar-refractivity contribution in [2.75, 3.05) is 0 Å². The second-order valence-electron chi connectivity index (χ2n) is 4.17. The summed E-state index contributed by atoms with van der Waals surface area (Å²) in [5.74, 6) is -0.885. The van der Waals surface area contributed by atoms with E-state index in [0.29, 0.717) is 5.69 Å². The predicted octanol–water partition coefficient (Wildman–Crippen LogP) is 2.79. The van der Waals surface area contributed by atoms with Gasteiger partial charge in [-0.1, -0.05) is 29.8 Å². The van der Waals surface area contributed by atoms with Gasteiger partial charge in [-0.3, -0.25) is 9.48 Å². The number of aliphatic carboxylic acids is 1. The maximum absolute atomic E-state index is 10.8. The van der Waals surface area contributed by atoms with Gasteiger partial charge in [-0.25, -0.2) is 0 Å².